The van der Waals surface area contributed by atoms with Gasteiger partial charge in [-0.25, -0.2) is 15.0 Å². The third-order valence-corrected chi connectivity index (χ3v) is 7.50. The smallest absolute Gasteiger partial charge is 0.341 e. The topological polar surface area (TPSA) is 256 Å². The number of aromatic amines is 1. The molecule has 230 valence electrons. The molecule has 0 radical (unpaired) electrons. The van der Waals surface area contributed by atoms with Gasteiger partial charge in [0.2, 0.25) is 5.72 Å². The van der Waals surface area contributed by atoms with E-state index in [0.717, 1.165) is 16.8 Å². The second kappa shape index (κ2) is 14.2. The molecule has 18 nitrogen and oxygen atoms in total. The predicted molar refractivity (Wildman–Crippen MR) is 141 cm³/mol. The van der Waals surface area contributed by atoms with E-state index in [9.17, 15) is 39.5 Å². The van der Waals surface area contributed by atoms with E-state index < -0.39 is 85.9 Å². The zero-order chi connectivity index (χ0) is 31.1. The largest absolute Gasteiger partial charge is 0.463 e. The quantitative estimate of drug-likeness (QED) is 0.0623. The molecule has 0 aliphatic carbocycles. The summed E-state index contributed by atoms with van der Waals surface area (Å²) in [4.78, 5) is 52.8. The van der Waals surface area contributed by atoms with Gasteiger partial charge >= 0.3 is 25.3 Å². The lowest BCUT2D eigenvalue weighted by atomic mass is 10.1. The Hall–Kier alpha value is -3.08. The van der Waals surface area contributed by atoms with Crippen LogP contribution in [-0.4, -0.2) is 80.5 Å². The second-order valence-electron chi connectivity index (χ2n) is 9.93. The van der Waals surface area contributed by atoms with Gasteiger partial charge in [0.15, 0.2) is 6.23 Å². The molecule has 2 heterocycles. The Kier molecular flexibility index (Phi) is 11.8. The van der Waals surface area contributed by atoms with Crippen molar-refractivity contribution in [3.05, 3.63) is 43.5 Å². The highest BCUT2D eigenvalue weighted by atomic mass is 31.2. The SMILES string of the molecule is CC(CC(=O)OC(C)C)NP(=O)(NC(C)C(=O)OC(C)C)OC[C@@]1(N=[N+]=[N-])O[C@@H](n2ccc(=O)[nH]c2=O)[C@H](O)[C@@H]1O. The summed E-state index contributed by atoms with van der Waals surface area (Å²) in [6.07, 6.45) is -5.71. The molecule has 5 N–H and O–H groups in total. The molecule has 0 bridgehead atoms. The molecule has 1 aliphatic heterocycles. The molecule has 1 saturated heterocycles. The van der Waals surface area contributed by atoms with E-state index in [1.54, 1.807) is 27.7 Å². The number of rotatable bonds is 14. The van der Waals surface area contributed by atoms with Crippen LogP contribution in [0.25, 0.3) is 10.4 Å². The van der Waals surface area contributed by atoms with E-state index in [2.05, 4.69) is 20.2 Å². The van der Waals surface area contributed by atoms with Gasteiger partial charge in [0, 0.05) is 23.2 Å². The van der Waals surface area contributed by atoms with Gasteiger partial charge in [-0.3, -0.25) is 28.5 Å². The lowest BCUT2D eigenvalue weighted by Gasteiger charge is -2.31. The number of nitrogens with one attached hydrogen (secondary N) is 3. The van der Waals surface area contributed by atoms with Gasteiger partial charge in [-0.2, -0.15) is 0 Å². The number of hydrogen-bond acceptors (Lipinski definition) is 12. The molecule has 0 saturated carbocycles. The number of carbonyl (C=O) groups excluding carboxylic acids is 2. The first kappa shape index (κ1) is 34.1. The highest BCUT2D eigenvalue weighted by molar-refractivity contribution is 7.54. The minimum Gasteiger partial charge on any atom is -0.463 e. The van der Waals surface area contributed by atoms with E-state index in [-0.39, 0.29) is 6.42 Å². The van der Waals surface area contributed by atoms with E-state index in [4.69, 9.17) is 18.7 Å². The third kappa shape index (κ3) is 9.21. The van der Waals surface area contributed by atoms with Crippen LogP contribution >= 0.6 is 7.67 Å². The van der Waals surface area contributed by atoms with Crippen molar-refractivity contribution >= 4 is 19.6 Å². The van der Waals surface area contributed by atoms with Crippen LogP contribution in [0.4, 0.5) is 0 Å². The maximum Gasteiger partial charge on any atom is 0.341 e. The number of H-pyrrole nitrogens is 1. The molecular weight excluding hydrogens is 569 g/mol. The molecule has 1 fully saturated rings. The number of ether oxygens (including phenoxy) is 3. The molecular formula is C22H36N7O11P. The van der Waals surface area contributed by atoms with Crippen molar-refractivity contribution in [2.75, 3.05) is 6.61 Å². The molecule has 2 rings (SSSR count). The van der Waals surface area contributed by atoms with Crippen molar-refractivity contribution in [2.24, 2.45) is 5.11 Å². The summed E-state index contributed by atoms with van der Waals surface area (Å²) in [6.45, 7) is 8.38. The molecule has 41 heavy (non-hydrogen) atoms. The summed E-state index contributed by atoms with van der Waals surface area (Å²) in [5.74, 6) is -1.40. The molecule has 19 heteroatoms. The number of nitrogens with zero attached hydrogens (tertiary/aromatic N) is 4. The maximum absolute atomic E-state index is 13.9. The lowest BCUT2D eigenvalue weighted by Crippen LogP contribution is -2.47. The third-order valence-electron chi connectivity index (χ3n) is 5.49. The summed E-state index contributed by atoms with van der Waals surface area (Å²) in [5, 5.41) is 29.9. The Morgan fingerprint density at radius 3 is 2.39 bits per heavy atom. The molecule has 0 aromatic carbocycles. The molecule has 0 amide bonds. The van der Waals surface area contributed by atoms with Gasteiger partial charge in [-0.05, 0) is 47.1 Å². The second-order valence-corrected chi connectivity index (χ2v) is 11.8. The van der Waals surface area contributed by atoms with Gasteiger partial charge in [-0.1, -0.05) is 5.11 Å². The van der Waals surface area contributed by atoms with Crippen molar-refractivity contribution in [3.63, 3.8) is 0 Å². The maximum atomic E-state index is 13.9. The standard InChI is InChI=1S/C22H36N7O11P/c1-11(2)38-16(31)9-13(5)25-41(36,26-14(6)20(34)39-12(3)4)37-10-22(27-28-23)18(33)17(32)19(40-22)29-8-7-15(30)24-21(29)35/h7-8,11-14,17-19,32-33H,9-10H2,1-6H3,(H,24,30,35)(H2,25,26,36)/t13?,14?,17-,18+,19-,22-,41?/m1/s1. The number of aliphatic hydroxyl groups excluding tert-OH is 2. The summed E-state index contributed by atoms with van der Waals surface area (Å²) >= 11 is 0. The van der Waals surface area contributed by atoms with Gasteiger partial charge in [0.05, 0.1) is 25.2 Å². The molecule has 1 aromatic heterocycles. The lowest BCUT2D eigenvalue weighted by molar-refractivity contribution is -0.149. The summed E-state index contributed by atoms with van der Waals surface area (Å²) in [7, 11) is -4.37. The molecule has 7 atom stereocenters. The van der Waals surface area contributed by atoms with Crippen LogP contribution in [-0.2, 0) is 32.9 Å². The van der Waals surface area contributed by atoms with Gasteiger partial charge < -0.3 is 28.9 Å². The fourth-order valence-electron chi connectivity index (χ4n) is 3.76. The highest BCUT2D eigenvalue weighted by Gasteiger charge is 2.56. The van der Waals surface area contributed by atoms with Crippen LogP contribution in [0.2, 0.25) is 0 Å². The van der Waals surface area contributed by atoms with Crippen molar-refractivity contribution < 1.29 is 43.1 Å². The van der Waals surface area contributed by atoms with Crippen molar-refractivity contribution in [3.8, 4) is 0 Å². The Morgan fingerprint density at radius 1 is 1.20 bits per heavy atom. The average molecular weight is 606 g/mol. The normalized spacial score (nSPS) is 25.3. The Labute approximate surface area is 234 Å². The van der Waals surface area contributed by atoms with Gasteiger partial charge in [0.25, 0.3) is 5.56 Å². The fraction of sp³-hybridized carbons (Fsp3) is 0.727. The number of hydrogen-bond donors (Lipinski definition) is 5. The van der Waals surface area contributed by atoms with Crippen molar-refractivity contribution in [1.82, 2.24) is 19.7 Å². The zero-order valence-electron chi connectivity index (χ0n) is 23.4. The van der Waals surface area contributed by atoms with E-state index >= 15 is 0 Å². The fourth-order valence-corrected chi connectivity index (χ4v) is 5.64. The van der Waals surface area contributed by atoms with E-state index in [1.807, 2.05) is 4.98 Å². The monoisotopic (exact) mass is 605 g/mol. The van der Waals surface area contributed by atoms with Crippen LogP contribution in [0.3, 0.4) is 0 Å². The van der Waals surface area contributed by atoms with Gasteiger partial charge in [-0.15, -0.1) is 0 Å². The summed E-state index contributed by atoms with van der Waals surface area (Å²) in [5.41, 5.74) is 5.02. The Balaban J connectivity index is 2.36. The minimum atomic E-state index is -4.37. The Morgan fingerprint density at radius 2 is 1.83 bits per heavy atom. The minimum absolute atomic E-state index is 0.255. The predicted octanol–water partition coefficient (Wildman–Crippen LogP) is 0.168. The number of aliphatic hydroxyl groups is 2. The van der Waals surface area contributed by atoms with Crippen molar-refractivity contribution in [1.29, 1.82) is 0 Å². The van der Waals surface area contributed by atoms with E-state index in [0.29, 0.717) is 0 Å². The average Bonchev–Trinajstić information content (AvgIpc) is 3.07. The zero-order valence-corrected chi connectivity index (χ0v) is 24.3. The Bertz CT molecular complexity index is 1290. The molecule has 0 spiro atoms. The van der Waals surface area contributed by atoms with Crippen LogP contribution in [0.15, 0.2) is 27.0 Å². The van der Waals surface area contributed by atoms with Crippen LogP contribution < -0.4 is 21.4 Å². The number of aromatic nitrogens is 2. The molecule has 1 aliphatic rings. The van der Waals surface area contributed by atoms with Crippen molar-refractivity contribution in [2.45, 2.75) is 96.4 Å². The number of esters is 2. The molecule has 1 aromatic rings. The summed E-state index contributed by atoms with van der Waals surface area (Å²) in [6, 6.07) is -1.11. The van der Waals surface area contributed by atoms with E-state index in [1.165, 1.54) is 13.8 Å². The number of carbonyl (C=O) groups is 2. The first-order valence-electron chi connectivity index (χ1n) is 12.6. The first-order valence-corrected chi connectivity index (χ1v) is 14.3. The first-order chi connectivity index (χ1) is 19.0. The van der Waals surface area contributed by atoms with Crippen LogP contribution in [0, 0.1) is 0 Å². The summed E-state index contributed by atoms with van der Waals surface area (Å²) < 4.78 is 36.0. The van der Waals surface area contributed by atoms with Gasteiger partial charge in [0.1, 0.15) is 18.2 Å². The number of azide groups is 1. The highest BCUT2D eigenvalue weighted by Crippen LogP contribution is 2.45. The molecule has 3 unspecified atom stereocenters. The van der Waals surface area contributed by atoms with Crippen LogP contribution in [0.5, 0.6) is 0 Å². The van der Waals surface area contributed by atoms with Crippen LogP contribution in [0.1, 0.15) is 54.2 Å².